The van der Waals surface area contributed by atoms with Gasteiger partial charge in [0.15, 0.2) is 0 Å². The van der Waals surface area contributed by atoms with E-state index in [1.54, 1.807) is 0 Å². The molecule has 78 valence electrons. The standard InChI is InChI=1S/C12H18S2/c1-11-7-3-4-8-12(11)14-10-6-2-5-9-13/h3-4,7-8,13H,2,5-6,9-10H2,1H3. The number of thioether (sulfide) groups is 1. The highest BCUT2D eigenvalue weighted by Gasteiger charge is 1.96. The molecule has 0 heterocycles. The van der Waals surface area contributed by atoms with Crippen LogP contribution in [0.1, 0.15) is 24.8 Å². The Labute approximate surface area is 96.9 Å². The summed E-state index contributed by atoms with van der Waals surface area (Å²) in [5.41, 5.74) is 1.40. The molecule has 0 aliphatic carbocycles. The topological polar surface area (TPSA) is 0 Å². The molecule has 1 aromatic carbocycles. The lowest BCUT2D eigenvalue weighted by Gasteiger charge is -2.04. The Kier molecular flexibility index (Phi) is 6.20. The lowest BCUT2D eigenvalue weighted by molar-refractivity contribution is 0.787. The fourth-order valence-corrected chi connectivity index (χ4v) is 2.55. The zero-order valence-corrected chi connectivity index (χ0v) is 10.4. The largest absolute Gasteiger partial charge is 0.179 e. The van der Waals surface area contributed by atoms with E-state index < -0.39 is 0 Å². The Morgan fingerprint density at radius 3 is 2.64 bits per heavy atom. The first-order valence-electron chi connectivity index (χ1n) is 5.14. The van der Waals surface area contributed by atoms with Crippen LogP contribution in [0.4, 0.5) is 0 Å². The summed E-state index contributed by atoms with van der Waals surface area (Å²) in [5.74, 6) is 2.26. The van der Waals surface area contributed by atoms with E-state index >= 15 is 0 Å². The Hall–Kier alpha value is -0.0800. The average molecular weight is 226 g/mol. The highest BCUT2D eigenvalue weighted by molar-refractivity contribution is 7.99. The number of hydrogen-bond donors (Lipinski definition) is 1. The lowest BCUT2D eigenvalue weighted by atomic mass is 10.2. The second kappa shape index (κ2) is 7.24. The summed E-state index contributed by atoms with van der Waals surface area (Å²) in [7, 11) is 0. The molecular weight excluding hydrogens is 208 g/mol. The molecule has 2 heteroatoms. The summed E-state index contributed by atoms with van der Waals surface area (Å²) >= 11 is 6.17. The van der Waals surface area contributed by atoms with Gasteiger partial charge in [0, 0.05) is 4.90 Å². The molecule has 0 amide bonds. The molecule has 0 radical (unpaired) electrons. The molecule has 0 bridgehead atoms. The number of rotatable bonds is 6. The molecule has 0 unspecified atom stereocenters. The maximum Gasteiger partial charge on any atom is 0.0101 e. The molecule has 0 atom stereocenters. The molecule has 0 spiro atoms. The summed E-state index contributed by atoms with van der Waals surface area (Å²) in [5, 5.41) is 0. The highest BCUT2D eigenvalue weighted by atomic mass is 32.2. The van der Waals surface area contributed by atoms with Crippen molar-refractivity contribution in [1.29, 1.82) is 0 Å². The smallest absolute Gasteiger partial charge is 0.0101 e. The normalized spacial score (nSPS) is 10.4. The van der Waals surface area contributed by atoms with E-state index in [1.807, 2.05) is 11.8 Å². The highest BCUT2D eigenvalue weighted by Crippen LogP contribution is 2.22. The van der Waals surface area contributed by atoms with Gasteiger partial charge in [0.2, 0.25) is 0 Å². The van der Waals surface area contributed by atoms with E-state index in [9.17, 15) is 0 Å². The van der Waals surface area contributed by atoms with Crippen LogP contribution < -0.4 is 0 Å². The predicted molar refractivity (Wildman–Crippen MR) is 69.6 cm³/mol. The zero-order chi connectivity index (χ0) is 10.2. The Morgan fingerprint density at radius 2 is 1.93 bits per heavy atom. The molecule has 0 nitrogen and oxygen atoms in total. The fraction of sp³-hybridized carbons (Fsp3) is 0.500. The quantitative estimate of drug-likeness (QED) is 0.431. The van der Waals surface area contributed by atoms with Gasteiger partial charge in [-0.15, -0.1) is 11.8 Å². The van der Waals surface area contributed by atoms with Crippen molar-refractivity contribution < 1.29 is 0 Å². The third-order valence-corrected chi connectivity index (χ3v) is 3.73. The van der Waals surface area contributed by atoms with Gasteiger partial charge in [0.1, 0.15) is 0 Å². The molecule has 14 heavy (non-hydrogen) atoms. The minimum absolute atomic E-state index is 1.02. The maximum absolute atomic E-state index is 4.20. The first kappa shape index (κ1) is 12.0. The third-order valence-electron chi connectivity index (χ3n) is 2.15. The van der Waals surface area contributed by atoms with Crippen LogP contribution in [0.15, 0.2) is 29.2 Å². The molecule has 0 aromatic heterocycles. The van der Waals surface area contributed by atoms with Crippen LogP contribution in [0.25, 0.3) is 0 Å². The Morgan fingerprint density at radius 1 is 1.14 bits per heavy atom. The number of unbranched alkanes of at least 4 members (excludes halogenated alkanes) is 2. The first-order chi connectivity index (χ1) is 6.84. The van der Waals surface area contributed by atoms with Gasteiger partial charge in [-0.2, -0.15) is 12.6 Å². The van der Waals surface area contributed by atoms with E-state index in [0.717, 1.165) is 5.75 Å². The zero-order valence-electron chi connectivity index (χ0n) is 8.70. The van der Waals surface area contributed by atoms with Crippen LogP contribution in [0.5, 0.6) is 0 Å². The van der Waals surface area contributed by atoms with Crippen LogP contribution in [0, 0.1) is 6.92 Å². The SMILES string of the molecule is Cc1ccccc1SCCCCCS. The van der Waals surface area contributed by atoms with Gasteiger partial charge in [0.25, 0.3) is 0 Å². The van der Waals surface area contributed by atoms with Gasteiger partial charge >= 0.3 is 0 Å². The van der Waals surface area contributed by atoms with Gasteiger partial charge < -0.3 is 0 Å². The minimum atomic E-state index is 1.02. The van der Waals surface area contributed by atoms with Crippen LogP contribution in [0.2, 0.25) is 0 Å². The van der Waals surface area contributed by atoms with Crippen LogP contribution in [0.3, 0.4) is 0 Å². The first-order valence-corrected chi connectivity index (χ1v) is 6.75. The Bertz CT molecular complexity index is 258. The molecule has 0 saturated heterocycles. The van der Waals surface area contributed by atoms with E-state index in [-0.39, 0.29) is 0 Å². The van der Waals surface area contributed by atoms with E-state index in [2.05, 4.69) is 43.8 Å². The molecule has 0 aliphatic heterocycles. The number of thiol groups is 1. The predicted octanol–water partition coefficient (Wildman–Crippen LogP) is 4.19. The number of hydrogen-bond acceptors (Lipinski definition) is 2. The van der Waals surface area contributed by atoms with Crippen molar-refractivity contribution in [3.63, 3.8) is 0 Å². The lowest BCUT2D eigenvalue weighted by Crippen LogP contribution is -1.84. The van der Waals surface area contributed by atoms with Gasteiger partial charge in [-0.25, -0.2) is 0 Å². The van der Waals surface area contributed by atoms with E-state index in [4.69, 9.17) is 0 Å². The summed E-state index contributed by atoms with van der Waals surface area (Å²) < 4.78 is 0. The number of benzene rings is 1. The second-order valence-corrected chi connectivity index (χ2v) is 4.98. The summed E-state index contributed by atoms with van der Waals surface area (Å²) in [4.78, 5) is 1.43. The van der Waals surface area contributed by atoms with Gasteiger partial charge in [0.05, 0.1) is 0 Å². The van der Waals surface area contributed by atoms with Crippen molar-refractivity contribution in [3.8, 4) is 0 Å². The van der Waals surface area contributed by atoms with Crippen molar-refractivity contribution in [3.05, 3.63) is 29.8 Å². The van der Waals surface area contributed by atoms with Crippen LogP contribution >= 0.6 is 24.4 Å². The van der Waals surface area contributed by atoms with Gasteiger partial charge in [-0.1, -0.05) is 24.6 Å². The second-order valence-electron chi connectivity index (χ2n) is 3.40. The molecule has 0 saturated carbocycles. The van der Waals surface area contributed by atoms with Crippen LogP contribution in [-0.4, -0.2) is 11.5 Å². The molecule has 1 rings (SSSR count). The van der Waals surface area contributed by atoms with E-state index in [0.29, 0.717) is 0 Å². The maximum atomic E-state index is 4.20. The molecular formula is C12H18S2. The summed E-state index contributed by atoms with van der Waals surface area (Å²) in [6, 6.07) is 8.60. The van der Waals surface area contributed by atoms with Crippen molar-refractivity contribution in [2.24, 2.45) is 0 Å². The third kappa shape index (κ3) is 4.43. The van der Waals surface area contributed by atoms with Gasteiger partial charge in [-0.3, -0.25) is 0 Å². The van der Waals surface area contributed by atoms with Crippen molar-refractivity contribution in [2.45, 2.75) is 31.1 Å². The van der Waals surface area contributed by atoms with Crippen molar-refractivity contribution in [2.75, 3.05) is 11.5 Å². The molecule has 0 fully saturated rings. The van der Waals surface area contributed by atoms with E-state index in [1.165, 1.54) is 35.5 Å². The monoisotopic (exact) mass is 226 g/mol. The molecule has 0 N–H and O–H groups in total. The summed E-state index contributed by atoms with van der Waals surface area (Å²) in [6.07, 6.45) is 3.86. The fourth-order valence-electron chi connectivity index (χ4n) is 1.29. The van der Waals surface area contributed by atoms with Gasteiger partial charge in [-0.05, 0) is 42.9 Å². The summed E-state index contributed by atoms with van der Waals surface area (Å²) in [6.45, 7) is 2.18. The number of aryl methyl sites for hydroxylation is 1. The average Bonchev–Trinajstić information content (AvgIpc) is 2.20. The molecule has 1 aromatic rings. The van der Waals surface area contributed by atoms with Crippen LogP contribution in [-0.2, 0) is 0 Å². The Balaban J connectivity index is 2.21. The molecule has 0 aliphatic rings. The van der Waals surface area contributed by atoms with Crippen molar-refractivity contribution >= 4 is 24.4 Å². The minimum Gasteiger partial charge on any atom is -0.179 e. The van der Waals surface area contributed by atoms with Crippen molar-refractivity contribution in [1.82, 2.24) is 0 Å².